The van der Waals surface area contributed by atoms with E-state index in [4.69, 9.17) is 5.11 Å². The number of carboxylic acid groups (broad SMARTS) is 1. The smallest absolute Gasteiger partial charge is 0.303 e. The first kappa shape index (κ1) is 12.6. The summed E-state index contributed by atoms with van der Waals surface area (Å²) in [5.41, 5.74) is 3.28. The van der Waals surface area contributed by atoms with Gasteiger partial charge in [0.2, 0.25) is 0 Å². The molecule has 0 spiro atoms. The molecule has 0 bridgehead atoms. The van der Waals surface area contributed by atoms with Crippen LogP contribution in [-0.4, -0.2) is 20.6 Å². The van der Waals surface area contributed by atoms with Crippen LogP contribution in [0.15, 0.2) is 18.2 Å². The fourth-order valence-corrected chi connectivity index (χ4v) is 2.06. The highest BCUT2D eigenvalue weighted by Gasteiger charge is 2.10. The van der Waals surface area contributed by atoms with Gasteiger partial charge in [0.1, 0.15) is 5.82 Å². The molecule has 0 atom stereocenters. The van der Waals surface area contributed by atoms with Gasteiger partial charge >= 0.3 is 5.97 Å². The van der Waals surface area contributed by atoms with Gasteiger partial charge in [-0.25, -0.2) is 4.98 Å². The molecule has 0 amide bonds. The van der Waals surface area contributed by atoms with E-state index < -0.39 is 5.97 Å². The van der Waals surface area contributed by atoms with Crippen LogP contribution in [0.3, 0.4) is 0 Å². The molecule has 1 heterocycles. The highest BCUT2D eigenvalue weighted by Crippen LogP contribution is 2.22. The first-order chi connectivity index (χ1) is 8.49. The van der Waals surface area contributed by atoms with Crippen molar-refractivity contribution in [1.82, 2.24) is 9.55 Å². The van der Waals surface area contributed by atoms with Crippen LogP contribution in [0, 0.1) is 0 Å². The van der Waals surface area contributed by atoms with Crippen molar-refractivity contribution in [2.45, 2.75) is 32.6 Å². The largest absolute Gasteiger partial charge is 0.481 e. The molecule has 0 fully saturated rings. The van der Waals surface area contributed by atoms with Gasteiger partial charge in [0.15, 0.2) is 0 Å². The first-order valence-electron chi connectivity index (χ1n) is 6.16. The van der Waals surface area contributed by atoms with Gasteiger partial charge in [-0.3, -0.25) is 4.79 Å². The molecule has 0 aliphatic rings. The Morgan fingerprint density at radius 3 is 2.78 bits per heavy atom. The van der Waals surface area contributed by atoms with Crippen molar-refractivity contribution in [3.05, 3.63) is 29.6 Å². The number of hydrogen-bond donors (Lipinski definition) is 1. The van der Waals surface area contributed by atoms with Gasteiger partial charge in [0.25, 0.3) is 0 Å². The molecule has 4 nitrogen and oxygen atoms in total. The van der Waals surface area contributed by atoms with E-state index in [9.17, 15) is 4.79 Å². The molecule has 1 N–H and O–H groups in total. The number of nitrogens with zero attached hydrogens (tertiary/aromatic N) is 2. The molecular weight excluding hydrogens is 228 g/mol. The highest BCUT2D eigenvalue weighted by molar-refractivity contribution is 5.77. The van der Waals surface area contributed by atoms with E-state index in [0.717, 1.165) is 16.9 Å². The van der Waals surface area contributed by atoms with Crippen molar-refractivity contribution >= 4 is 17.0 Å². The van der Waals surface area contributed by atoms with E-state index in [2.05, 4.69) is 31.0 Å². The molecule has 2 rings (SSSR count). The Balaban J connectivity index is 2.40. The van der Waals surface area contributed by atoms with Crippen LogP contribution < -0.4 is 0 Å². The van der Waals surface area contributed by atoms with Crippen LogP contribution in [-0.2, 0) is 18.3 Å². The second-order valence-electron chi connectivity index (χ2n) is 4.88. The van der Waals surface area contributed by atoms with Crippen LogP contribution in [0.25, 0.3) is 11.0 Å². The number of carboxylic acids is 1. The number of hydrogen-bond acceptors (Lipinski definition) is 2. The molecule has 2 aromatic rings. The van der Waals surface area contributed by atoms with E-state index in [0.29, 0.717) is 12.3 Å². The standard InChI is InChI=1S/C14H18N2O2/c1-9(2)10-4-5-11-12(8-10)16(3)13(15-11)6-7-14(17)18/h4-5,8-9H,6-7H2,1-3H3,(H,17,18). The second kappa shape index (κ2) is 4.80. The third-order valence-electron chi connectivity index (χ3n) is 3.23. The molecule has 0 unspecified atom stereocenters. The maximum Gasteiger partial charge on any atom is 0.303 e. The van der Waals surface area contributed by atoms with Crippen molar-refractivity contribution in [2.24, 2.45) is 7.05 Å². The van der Waals surface area contributed by atoms with Crippen LogP contribution in [0.1, 0.15) is 37.6 Å². The molecule has 0 aliphatic heterocycles. The predicted octanol–water partition coefficient (Wildman–Crippen LogP) is 2.71. The maximum atomic E-state index is 10.6. The van der Waals surface area contributed by atoms with Crippen LogP contribution in [0.5, 0.6) is 0 Å². The third kappa shape index (κ3) is 2.37. The summed E-state index contributed by atoms with van der Waals surface area (Å²) in [7, 11) is 1.94. The summed E-state index contributed by atoms with van der Waals surface area (Å²) in [5, 5.41) is 8.72. The second-order valence-corrected chi connectivity index (χ2v) is 4.88. The summed E-state index contributed by atoms with van der Waals surface area (Å²) in [6.45, 7) is 4.31. The van der Waals surface area contributed by atoms with Crippen molar-refractivity contribution in [1.29, 1.82) is 0 Å². The van der Waals surface area contributed by atoms with E-state index in [1.165, 1.54) is 5.56 Å². The zero-order valence-corrected chi connectivity index (χ0v) is 11.0. The van der Waals surface area contributed by atoms with Gasteiger partial charge in [-0.2, -0.15) is 0 Å². The Bertz CT molecular complexity index is 585. The number of aliphatic carboxylic acids is 1. The van der Waals surface area contributed by atoms with Gasteiger partial charge < -0.3 is 9.67 Å². The number of aryl methyl sites for hydroxylation is 2. The van der Waals surface area contributed by atoms with Crippen molar-refractivity contribution < 1.29 is 9.90 Å². The summed E-state index contributed by atoms with van der Waals surface area (Å²) in [4.78, 5) is 15.1. The third-order valence-corrected chi connectivity index (χ3v) is 3.23. The Labute approximate surface area is 106 Å². The number of carbonyl (C=O) groups is 1. The van der Waals surface area contributed by atoms with E-state index in [1.807, 2.05) is 17.7 Å². The van der Waals surface area contributed by atoms with Crippen molar-refractivity contribution in [3.8, 4) is 0 Å². The monoisotopic (exact) mass is 246 g/mol. The van der Waals surface area contributed by atoms with Crippen molar-refractivity contribution in [3.63, 3.8) is 0 Å². The summed E-state index contributed by atoms with van der Waals surface area (Å²) in [5.74, 6) is 0.519. The minimum Gasteiger partial charge on any atom is -0.481 e. The van der Waals surface area contributed by atoms with Crippen LogP contribution in [0.4, 0.5) is 0 Å². The zero-order valence-electron chi connectivity index (χ0n) is 11.0. The quantitative estimate of drug-likeness (QED) is 0.902. The summed E-state index contributed by atoms with van der Waals surface area (Å²) in [6.07, 6.45) is 0.589. The SMILES string of the molecule is CC(C)c1ccc2nc(CCC(=O)O)n(C)c2c1. The Morgan fingerprint density at radius 2 is 2.17 bits per heavy atom. The van der Waals surface area contributed by atoms with Gasteiger partial charge in [0.05, 0.1) is 17.5 Å². The lowest BCUT2D eigenvalue weighted by Gasteiger charge is -2.05. The minimum atomic E-state index is -0.787. The minimum absolute atomic E-state index is 0.119. The van der Waals surface area contributed by atoms with Gasteiger partial charge in [-0.05, 0) is 23.6 Å². The van der Waals surface area contributed by atoms with Crippen LogP contribution in [0.2, 0.25) is 0 Å². The number of benzene rings is 1. The first-order valence-corrected chi connectivity index (χ1v) is 6.16. The van der Waals surface area contributed by atoms with E-state index >= 15 is 0 Å². The molecule has 96 valence electrons. The lowest BCUT2D eigenvalue weighted by Crippen LogP contribution is -2.03. The fourth-order valence-electron chi connectivity index (χ4n) is 2.06. The Morgan fingerprint density at radius 1 is 1.44 bits per heavy atom. The maximum absolute atomic E-state index is 10.6. The molecule has 0 aliphatic carbocycles. The predicted molar refractivity (Wildman–Crippen MR) is 70.8 cm³/mol. The average Bonchev–Trinajstić information content (AvgIpc) is 2.63. The van der Waals surface area contributed by atoms with Crippen molar-refractivity contribution in [2.75, 3.05) is 0 Å². The molecule has 4 heteroatoms. The van der Waals surface area contributed by atoms with Gasteiger partial charge in [-0.15, -0.1) is 0 Å². The zero-order chi connectivity index (χ0) is 13.3. The molecule has 1 aromatic heterocycles. The molecule has 18 heavy (non-hydrogen) atoms. The topological polar surface area (TPSA) is 55.1 Å². The lowest BCUT2D eigenvalue weighted by molar-refractivity contribution is -0.137. The number of rotatable bonds is 4. The molecule has 0 saturated carbocycles. The highest BCUT2D eigenvalue weighted by atomic mass is 16.4. The normalized spacial score (nSPS) is 11.3. The number of aromatic nitrogens is 2. The number of fused-ring (bicyclic) bond motifs is 1. The fraction of sp³-hybridized carbons (Fsp3) is 0.429. The Kier molecular flexibility index (Phi) is 3.36. The summed E-state index contributed by atoms with van der Waals surface area (Å²) >= 11 is 0. The van der Waals surface area contributed by atoms with Gasteiger partial charge in [-0.1, -0.05) is 19.9 Å². The Hall–Kier alpha value is -1.84. The van der Waals surface area contributed by atoms with Crippen LogP contribution >= 0.6 is 0 Å². The van der Waals surface area contributed by atoms with E-state index in [-0.39, 0.29) is 6.42 Å². The molecule has 0 saturated heterocycles. The van der Waals surface area contributed by atoms with E-state index in [1.54, 1.807) is 0 Å². The molecule has 1 aromatic carbocycles. The average molecular weight is 246 g/mol. The van der Waals surface area contributed by atoms with Gasteiger partial charge in [0, 0.05) is 13.5 Å². The lowest BCUT2D eigenvalue weighted by atomic mass is 10.0. The summed E-state index contributed by atoms with van der Waals surface area (Å²) < 4.78 is 1.99. The molecular formula is C14H18N2O2. The molecule has 0 radical (unpaired) electrons. The summed E-state index contributed by atoms with van der Waals surface area (Å²) in [6, 6.07) is 6.23. The number of imidazole rings is 1.